The minimum atomic E-state index is -3.50. The number of hydrogen-bond donors (Lipinski definition) is 1. The maximum Gasteiger partial charge on any atom is 0.227 e. The van der Waals surface area contributed by atoms with Crippen molar-refractivity contribution in [3.05, 3.63) is 53.6 Å². The van der Waals surface area contributed by atoms with Crippen LogP contribution in [0.5, 0.6) is 0 Å². The van der Waals surface area contributed by atoms with Crippen molar-refractivity contribution >= 4 is 33.0 Å². The van der Waals surface area contributed by atoms with Crippen molar-refractivity contribution in [1.29, 1.82) is 0 Å². The molecule has 0 saturated carbocycles. The first-order chi connectivity index (χ1) is 13.9. The van der Waals surface area contributed by atoms with Crippen LogP contribution in [-0.2, 0) is 32.3 Å². The largest absolute Gasteiger partial charge is 0.326 e. The summed E-state index contributed by atoms with van der Waals surface area (Å²) in [5, 5.41) is 2.73. The Morgan fingerprint density at radius 2 is 1.72 bits per heavy atom. The summed E-state index contributed by atoms with van der Waals surface area (Å²) < 4.78 is 25.2. The van der Waals surface area contributed by atoms with Crippen molar-refractivity contribution < 1.29 is 18.0 Å². The quantitative estimate of drug-likeness (QED) is 0.790. The second kappa shape index (κ2) is 7.99. The third-order valence-electron chi connectivity index (χ3n) is 5.56. The van der Waals surface area contributed by atoms with Gasteiger partial charge in [-0.05, 0) is 73.2 Å². The first-order valence-corrected chi connectivity index (χ1v) is 11.6. The van der Waals surface area contributed by atoms with Gasteiger partial charge in [0.2, 0.25) is 11.8 Å². The second-order valence-corrected chi connectivity index (χ2v) is 9.71. The van der Waals surface area contributed by atoms with Crippen LogP contribution in [0.25, 0.3) is 0 Å². The fourth-order valence-corrected chi connectivity index (χ4v) is 5.24. The van der Waals surface area contributed by atoms with Gasteiger partial charge in [0, 0.05) is 30.8 Å². The zero-order chi connectivity index (χ0) is 20.4. The summed E-state index contributed by atoms with van der Waals surface area (Å²) in [6.45, 7) is 0.713. The normalized spacial score (nSPS) is 16.1. The summed E-state index contributed by atoms with van der Waals surface area (Å²) in [6.07, 6.45) is 4.30. The molecule has 29 heavy (non-hydrogen) atoms. The number of carbonyl (C=O) groups is 2. The van der Waals surface area contributed by atoms with Crippen LogP contribution in [-0.4, -0.2) is 32.5 Å². The topological polar surface area (TPSA) is 83.6 Å². The fraction of sp³-hybridized carbons (Fsp3) is 0.364. The molecule has 6 nitrogen and oxygen atoms in total. The molecule has 2 aromatic rings. The van der Waals surface area contributed by atoms with E-state index < -0.39 is 9.84 Å². The molecular weight excluding hydrogens is 388 g/mol. The third kappa shape index (κ3) is 4.34. The molecule has 0 atom stereocenters. The van der Waals surface area contributed by atoms with Crippen molar-refractivity contribution in [2.45, 2.75) is 43.4 Å². The molecule has 1 aliphatic carbocycles. The van der Waals surface area contributed by atoms with Crippen molar-refractivity contribution in [1.82, 2.24) is 0 Å². The number of rotatable bonds is 6. The van der Waals surface area contributed by atoms with Gasteiger partial charge >= 0.3 is 0 Å². The minimum absolute atomic E-state index is 0.105. The maximum absolute atomic E-state index is 12.6. The highest BCUT2D eigenvalue weighted by Crippen LogP contribution is 2.26. The molecular formula is C22H24N2O4S. The maximum atomic E-state index is 12.6. The van der Waals surface area contributed by atoms with Gasteiger partial charge < -0.3 is 10.2 Å². The lowest BCUT2D eigenvalue weighted by Gasteiger charge is -2.16. The number of fused-ring (bicyclic) bond motifs is 1. The molecule has 0 radical (unpaired) electrons. The van der Waals surface area contributed by atoms with Crippen molar-refractivity contribution in [2.75, 3.05) is 22.5 Å². The average Bonchev–Trinajstić information content (AvgIpc) is 3.35. The molecule has 1 aliphatic heterocycles. The Morgan fingerprint density at radius 1 is 0.966 bits per heavy atom. The number of nitrogens with zero attached hydrogens (tertiary/aromatic N) is 1. The standard InChI is InChI=1S/C22H24N2O4S/c25-21(23-18-7-9-19(10-8-18)24-13-2-5-22(24)26)12-14-29(27,28)20-11-6-16-3-1-4-17(16)15-20/h6-11,15H,1-5,12-14H2,(H,23,25). The number of carbonyl (C=O) groups excluding carboxylic acids is 2. The molecule has 0 spiro atoms. The highest BCUT2D eigenvalue weighted by molar-refractivity contribution is 7.91. The lowest BCUT2D eigenvalue weighted by molar-refractivity contribution is -0.117. The van der Waals surface area contributed by atoms with Crippen LogP contribution in [0.1, 0.15) is 36.8 Å². The predicted molar refractivity (Wildman–Crippen MR) is 112 cm³/mol. The van der Waals surface area contributed by atoms with E-state index in [1.807, 2.05) is 6.07 Å². The molecule has 1 fully saturated rings. The smallest absolute Gasteiger partial charge is 0.227 e. The molecule has 2 aromatic carbocycles. The van der Waals surface area contributed by atoms with Crippen molar-refractivity contribution in [2.24, 2.45) is 0 Å². The van der Waals surface area contributed by atoms with Crippen LogP contribution >= 0.6 is 0 Å². The summed E-state index contributed by atoms with van der Waals surface area (Å²) in [5.41, 5.74) is 3.72. The van der Waals surface area contributed by atoms with Gasteiger partial charge in [-0.25, -0.2) is 8.42 Å². The van der Waals surface area contributed by atoms with Crippen LogP contribution in [0.3, 0.4) is 0 Å². The van der Waals surface area contributed by atoms with Gasteiger partial charge in [-0.3, -0.25) is 9.59 Å². The Balaban J connectivity index is 1.34. The molecule has 7 heteroatoms. The van der Waals surface area contributed by atoms with E-state index in [0.29, 0.717) is 23.5 Å². The van der Waals surface area contributed by atoms with Gasteiger partial charge in [0.05, 0.1) is 10.6 Å². The number of hydrogen-bond acceptors (Lipinski definition) is 4. The van der Waals surface area contributed by atoms with Gasteiger partial charge in [-0.1, -0.05) is 6.07 Å². The van der Waals surface area contributed by atoms with Crippen LogP contribution in [0.15, 0.2) is 47.4 Å². The Bertz CT molecular complexity index is 1040. The molecule has 1 N–H and O–H groups in total. The van der Waals surface area contributed by atoms with Gasteiger partial charge in [-0.15, -0.1) is 0 Å². The molecule has 4 rings (SSSR count). The zero-order valence-corrected chi connectivity index (χ0v) is 17.0. The summed E-state index contributed by atoms with van der Waals surface area (Å²) in [7, 11) is -3.50. The van der Waals surface area contributed by atoms with E-state index >= 15 is 0 Å². The number of amides is 2. The van der Waals surface area contributed by atoms with E-state index in [4.69, 9.17) is 0 Å². The van der Waals surface area contributed by atoms with Crippen LogP contribution in [0.2, 0.25) is 0 Å². The predicted octanol–water partition coefficient (Wildman–Crippen LogP) is 3.10. The second-order valence-electron chi connectivity index (χ2n) is 7.60. The fourth-order valence-electron chi connectivity index (χ4n) is 3.96. The molecule has 0 aromatic heterocycles. The summed E-state index contributed by atoms with van der Waals surface area (Å²) in [4.78, 5) is 26.1. The van der Waals surface area contributed by atoms with E-state index in [1.54, 1.807) is 41.3 Å². The average molecular weight is 413 g/mol. The number of benzene rings is 2. The highest BCUT2D eigenvalue weighted by Gasteiger charge is 2.22. The van der Waals surface area contributed by atoms with E-state index in [1.165, 1.54) is 5.56 Å². The molecule has 0 bridgehead atoms. The zero-order valence-electron chi connectivity index (χ0n) is 16.2. The van der Waals surface area contributed by atoms with Crippen LogP contribution < -0.4 is 10.2 Å². The van der Waals surface area contributed by atoms with E-state index in [9.17, 15) is 18.0 Å². The first-order valence-electron chi connectivity index (χ1n) is 9.97. The molecule has 2 aliphatic rings. The van der Waals surface area contributed by atoms with Crippen LogP contribution in [0, 0.1) is 0 Å². The van der Waals surface area contributed by atoms with E-state index in [-0.39, 0.29) is 24.0 Å². The Morgan fingerprint density at radius 3 is 2.45 bits per heavy atom. The van der Waals surface area contributed by atoms with Crippen molar-refractivity contribution in [3.63, 3.8) is 0 Å². The summed E-state index contributed by atoms with van der Waals surface area (Å²) in [5.74, 6) is -0.462. The lowest BCUT2D eigenvalue weighted by atomic mass is 10.1. The SMILES string of the molecule is O=C(CCS(=O)(=O)c1ccc2c(c1)CCC2)Nc1ccc(N2CCCC2=O)cc1. The lowest BCUT2D eigenvalue weighted by Crippen LogP contribution is -2.23. The Labute approximate surface area is 170 Å². The van der Waals surface area contributed by atoms with Gasteiger partial charge in [-0.2, -0.15) is 0 Å². The Hall–Kier alpha value is -2.67. The number of aryl methyl sites for hydroxylation is 2. The number of nitrogens with one attached hydrogen (secondary N) is 1. The van der Waals surface area contributed by atoms with E-state index in [2.05, 4.69) is 5.32 Å². The molecule has 1 saturated heterocycles. The molecule has 0 unspecified atom stereocenters. The molecule has 1 heterocycles. The summed E-state index contributed by atoms with van der Waals surface area (Å²) >= 11 is 0. The molecule has 2 amide bonds. The monoisotopic (exact) mass is 412 g/mol. The van der Waals surface area contributed by atoms with E-state index in [0.717, 1.165) is 36.9 Å². The third-order valence-corrected chi connectivity index (χ3v) is 7.28. The van der Waals surface area contributed by atoms with Gasteiger partial charge in [0.15, 0.2) is 9.84 Å². The number of sulfone groups is 1. The number of anilines is 2. The summed E-state index contributed by atoms with van der Waals surface area (Å²) in [6, 6.07) is 12.3. The van der Waals surface area contributed by atoms with Crippen molar-refractivity contribution in [3.8, 4) is 0 Å². The highest BCUT2D eigenvalue weighted by atomic mass is 32.2. The first kappa shape index (κ1) is 19.6. The Kier molecular flexibility index (Phi) is 5.41. The van der Waals surface area contributed by atoms with Gasteiger partial charge in [0.1, 0.15) is 0 Å². The van der Waals surface area contributed by atoms with Gasteiger partial charge in [0.25, 0.3) is 0 Å². The minimum Gasteiger partial charge on any atom is -0.326 e. The molecule has 152 valence electrons. The van der Waals surface area contributed by atoms with Crippen LogP contribution in [0.4, 0.5) is 11.4 Å².